The van der Waals surface area contributed by atoms with E-state index in [-0.39, 0.29) is 19.1 Å². The lowest BCUT2D eigenvalue weighted by atomic mass is 10.0. The van der Waals surface area contributed by atoms with Crippen molar-refractivity contribution in [2.24, 2.45) is 0 Å². The lowest BCUT2D eigenvalue weighted by Gasteiger charge is -2.24. The highest BCUT2D eigenvalue weighted by Gasteiger charge is 2.36. The monoisotopic (exact) mass is 234 g/mol. The predicted molar refractivity (Wildman–Crippen MR) is 58.9 cm³/mol. The number of hydrogen-bond acceptors (Lipinski definition) is 4. The summed E-state index contributed by atoms with van der Waals surface area (Å²) in [6, 6.07) is 0. The smallest absolute Gasteiger partial charge is 0.339 e. The van der Waals surface area contributed by atoms with Crippen LogP contribution in [-0.2, 0) is 14.6 Å². The Hall–Kier alpha value is -0.650. The van der Waals surface area contributed by atoms with Crippen LogP contribution in [-0.4, -0.2) is 34.5 Å². The topological polar surface area (TPSA) is 76.0 Å². The molecule has 0 saturated carbocycles. The van der Waals surface area contributed by atoms with Crippen molar-refractivity contribution in [1.82, 2.24) is 0 Å². The fraction of sp³-hybridized carbons (Fsp3) is 0.909. The van der Waals surface area contributed by atoms with Crippen LogP contribution in [0, 0.1) is 0 Å². The summed E-state index contributed by atoms with van der Waals surface area (Å²) < 4.78 is 0. The molecule has 0 aromatic rings. The largest absolute Gasteiger partial charge is 0.479 e. The molecule has 0 fully saturated rings. The van der Waals surface area contributed by atoms with Crippen LogP contribution >= 0.6 is 0 Å². The van der Waals surface area contributed by atoms with Gasteiger partial charge in [0.1, 0.15) is 0 Å². The average molecular weight is 234 g/mol. The molecule has 2 N–H and O–H groups in total. The van der Waals surface area contributed by atoms with Crippen molar-refractivity contribution in [1.29, 1.82) is 0 Å². The Kier molecular flexibility index (Phi) is 7.29. The second kappa shape index (κ2) is 7.60. The Morgan fingerprint density at radius 3 is 2.56 bits per heavy atom. The van der Waals surface area contributed by atoms with Crippen molar-refractivity contribution in [2.75, 3.05) is 6.61 Å². The average Bonchev–Trinajstić information content (AvgIpc) is 2.23. The minimum absolute atomic E-state index is 0.00281. The predicted octanol–water partition coefficient (Wildman–Crippen LogP) is 1.74. The zero-order chi connectivity index (χ0) is 12.6. The summed E-state index contributed by atoms with van der Waals surface area (Å²) in [5, 5.41) is 17.7. The number of carbonyl (C=O) groups is 1. The van der Waals surface area contributed by atoms with E-state index in [0.29, 0.717) is 0 Å². The van der Waals surface area contributed by atoms with Crippen LogP contribution in [0.2, 0.25) is 0 Å². The van der Waals surface area contributed by atoms with Crippen LogP contribution in [0.4, 0.5) is 0 Å². The Morgan fingerprint density at radius 2 is 2.12 bits per heavy atom. The minimum Gasteiger partial charge on any atom is -0.479 e. The van der Waals surface area contributed by atoms with Crippen LogP contribution in [0.15, 0.2) is 0 Å². The van der Waals surface area contributed by atoms with Crippen LogP contribution in [0.5, 0.6) is 0 Å². The molecule has 0 aromatic carbocycles. The van der Waals surface area contributed by atoms with E-state index in [1.165, 1.54) is 6.92 Å². The molecular weight excluding hydrogens is 212 g/mol. The number of carboxylic acid groups (broad SMARTS) is 1. The molecular formula is C11H22O5. The number of hydrogen-bond donors (Lipinski definition) is 2. The van der Waals surface area contributed by atoms with E-state index in [9.17, 15) is 4.79 Å². The van der Waals surface area contributed by atoms with Crippen molar-refractivity contribution in [3.63, 3.8) is 0 Å². The van der Waals surface area contributed by atoms with E-state index in [1.54, 1.807) is 0 Å². The third-order valence-corrected chi connectivity index (χ3v) is 2.40. The number of aliphatic hydroxyl groups is 1. The van der Waals surface area contributed by atoms with E-state index in [4.69, 9.17) is 20.0 Å². The van der Waals surface area contributed by atoms with Crippen molar-refractivity contribution in [3.8, 4) is 0 Å². The highest BCUT2D eigenvalue weighted by atomic mass is 17.2. The van der Waals surface area contributed by atoms with Crippen molar-refractivity contribution >= 4 is 5.97 Å². The summed E-state index contributed by atoms with van der Waals surface area (Å²) in [6.07, 6.45) is 2.75. The molecule has 0 saturated heterocycles. The van der Waals surface area contributed by atoms with Crippen molar-refractivity contribution in [3.05, 3.63) is 0 Å². The Balaban J connectivity index is 4.06. The van der Waals surface area contributed by atoms with Crippen LogP contribution in [0.25, 0.3) is 0 Å². The van der Waals surface area contributed by atoms with Gasteiger partial charge in [-0.2, -0.15) is 0 Å². The first-order valence-electron chi connectivity index (χ1n) is 5.65. The van der Waals surface area contributed by atoms with E-state index in [0.717, 1.165) is 19.3 Å². The van der Waals surface area contributed by atoms with Gasteiger partial charge in [0.25, 0.3) is 0 Å². The van der Waals surface area contributed by atoms with Crippen LogP contribution in [0.1, 0.15) is 46.5 Å². The van der Waals surface area contributed by atoms with Crippen molar-refractivity contribution in [2.45, 2.75) is 58.2 Å². The second-order valence-corrected chi connectivity index (χ2v) is 4.14. The minimum atomic E-state index is -1.48. The molecule has 96 valence electrons. The van der Waals surface area contributed by atoms with Gasteiger partial charge < -0.3 is 10.2 Å². The van der Waals surface area contributed by atoms with Gasteiger partial charge in [0.2, 0.25) is 0 Å². The van der Waals surface area contributed by atoms with Gasteiger partial charge in [0, 0.05) is 13.0 Å². The number of carboxylic acids is 1. The Bertz CT molecular complexity index is 207. The van der Waals surface area contributed by atoms with Crippen LogP contribution < -0.4 is 0 Å². The van der Waals surface area contributed by atoms with E-state index >= 15 is 0 Å². The van der Waals surface area contributed by atoms with Gasteiger partial charge in [-0.05, 0) is 20.3 Å². The molecule has 0 spiro atoms. The first-order valence-corrected chi connectivity index (χ1v) is 5.65. The first kappa shape index (κ1) is 15.3. The van der Waals surface area contributed by atoms with Crippen LogP contribution in [0.3, 0.4) is 0 Å². The molecule has 2 atom stereocenters. The molecule has 0 rings (SSSR count). The summed E-state index contributed by atoms with van der Waals surface area (Å²) in [5.41, 5.74) is -1.48. The van der Waals surface area contributed by atoms with Gasteiger partial charge in [-0.1, -0.05) is 19.8 Å². The fourth-order valence-corrected chi connectivity index (χ4v) is 1.13. The molecule has 5 heteroatoms. The summed E-state index contributed by atoms with van der Waals surface area (Å²) in [4.78, 5) is 20.9. The van der Waals surface area contributed by atoms with Gasteiger partial charge in [0.15, 0.2) is 5.60 Å². The summed E-state index contributed by atoms with van der Waals surface area (Å²) >= 11 is 0. The van der Waals surface area contributed by atoms with Gasteiger partial charge in [-0.15, -0.1) is 0 Å². The highest BCUT2D eigenvalue weighted by Crippen LogP contribution is 2.18. The summed E-state index contributed by atoms with van der Waals surface area (Å²) in [5.74, 6) is -1.13. The number of rotatable bonds is 9. The molecule has 2 unspecified atom stereocenters. The summed E-state index contributed by atoms with van der Waals surface area (Å²) in [7, 11) is 0. The maximum absolute atomic E-state index is 10.9. The lowest BCUT2D eigenvalue weighted by molar-refractivity contribution is -0.373. The maximum Gasteiger partial charge on any atom is 0.339 e. The first-order chi connectivity index (χ1) is 7.46. The van der Waals surface area contributed by atoms with E-state index < -0.39 is 11.6 Å². The lowest BCUT2D eigenvalue weighted by Crippen LogP contribution is -2.40. The molecule has 0 aliphatic carbocycles. The molecule has 5 nitrogen and oxygen atoms in total. The summed E-state index contributed by atoms with van der Waals surface area (Å²) in [6.45, 7) is 5.03. The molecule has 0 bridgehead atoms. The Labute approximate surface area is 96.3 Å². The fourth-order valence-electron chi connectivity index (χ4n) is 1.13. The number of aliphatic carboxylic acids is 1. The zero-order valence-corrected chi connectivity index (χ0v) is 10.2. The highest BCUT2D eigenvalue weighted by molar-refractivity contribution is 5.76. The molecule has 0 radical (unpaired) electrons. The SMILES string of the molecule is CCCCC(C)OOC(C)(CCO)C(=O)O. The second-order valence-electron chi connectivity index (χ2n) is 4.14. The van der Waals surface area contributed by atoms with Crippen molar-refractivity contribution < 1.29 is 24.8 Å². The van der Waals surface area contributed by atoms with E-state index in [1.807, 2.05) is 6.92 Å². The third kappa shape index (κ3) is 5.44. The number of aliphatic hydroxyl groups excluding tert-OH is 1. The van der Waals surface area contributed by atoms with Gasteiger partial charge >= 0.3 is 5.97 Å². The zero-order valence-electron chi connectivity index (χ0n) is 10.2. The quantitative estimate of drug-likeness (QED) is 0.469. The van der Waals surface area contributed by atoms with Gasteiger partial charge in [-0.3, -0.25) is 0 Å². The molecule has 0 heterocycles. The molecule has 16 heavy (non-hydrogen) atoms. The molecule has 0 aromatic heterocycles. The van der Waals surface area contributed by atoms with E-state index in [2.05, 4.69) is 6.92 Å². The third-order valence-electron chi connectivity index (χ3n) is 2.40. The normalized spacial score (nSPS) is 16.8. The molecule has 0 amide bonds. The maximum atomic E-state index is 10.9. The molecule has 0 aliphatic rings. The Morgan fingerprint density at radius 1 is 1.50 bits per heavy atom. The number of unbranched alkanes of at least 4 members (excludes halogenated alkanes) is 1. The standard InChI is InChI=1S/C11H22O5/c1-4-5-6-9(2)15-16-11(3,7-8-12)10(13)14/h9,12H,4-8H2,1-3H3,(H,13,14). The van der Waals surface area contributed by atoms with Gasteiger partial charge in [0.05, 0.1) is 6.10 Å². The van der Waals surface area contributed by atoms with Gasteiger partial charge in [-0.25, -0.2) is 14.6 Å². The molecule has 0 aliphatic heterocycles.